The third-order valence-electron chi connectivity index (χ3n) is 2.46. The molecule has 0 saturated carbocycles. The average Bonchev–Trinajstić information content (AvgIpc) is 2.77. The molecule has 96 valence electrons. The van der Waals surface area contributed by atoms with Crippen LogP contribution in [0.25, 0.3) is 0 Å². The molecular weight excluding hydrogens is 233 g/mol. The van der Waals surface area contributed by atoms with Crippen molar-refractivity contribution in [1.29, 1.82) is 0 Å². The first kappa shape index (κ1) is 12.7. The fraction of sp³-hybridized carbons (Fsp3) is 0.385. The van der Waals surface area contributed by atoms with Gasteiger partial charge in [0.2, 0.25) is 11.8 Å². The highest BCUT2D eigenvalue weighted by atomic mass is 19.1. The fourth-order valence-corrected chi connectivity index (χ4v) is 1.62. The molecule has 0 aliphatic carbocycles. The summed E-state index contributed by atoms with van der Waals surface area (Å²) in [5.74, 6) is 0.820. The molecule has 1 aromatic carbocycles. The number of nitrogens with zero attached hydrogens (tertiary/aromatic N) is 2. The summed E-state index contributed by atoms with van der Waals surface area (Å²) in [5.41, 5.74) is 0.826. The Hall–Kier alpha value is -1.75. The average molecular weight is 249 g/mol. The predicted octanol–water partition coefficient (Wildman–Crippen LogP) is 2.30. The van der Waals surface area contributed by atoms with Gasteiger partial charge in [0.05, 0.1) is 13.0 Å². The van der Waals surface area contributed by atoms with Gasteiger partial charge in [-0.15, -0.1) is 10.2 Å². The quantitative estimate of drug-likeness (QED) is 0.798. The van der Waals surface area contributed by atoms with Gasteiger partial charge in [0, 0.05) is 0 Å². The maximum absolute atomic E-state index is 13.0. The Labute approximate surface area is 105 Å². The molecule has 1 aromatic heterocycles. The second-order valence-corrected chi connectivity index (χ2v) is 4.07. The molecule has 18 heavy (non-hydrogen) atoms. The third kappa shape index (κ3) is 3.63. The van der Waals surface area contributed by atoms with Crippen LogP contribution < -0.4 is 5.32 Å². The van der Waals surface area contributed by atoms with E-state index >= 15 is 0 Å². The van der Waals surface area contributed by atoms with Crippen LogP contribution in [0.2, 0.25) is 0 Å². The van der Waals surface area contributed by atoms with Gasteiger partial charge in [0.1, 0.15) is 5.82 Å². The summed E-state index contributed by atoms with van der Waals surface area (Å²) < 4.78 is 18.5. The number of aromatic nitrogens is 2. The SMILES string of the molecule is CCCNCc1nnc(Cc2cccc(F)c2)o1. The van der Waals surface area contributed by atoms with Crippen molar-refractivity contribution in [3.05, 3.63) is 47.4 Å². The summed E-state index contributed by atoms with van der Waals surface area (Å²) in [6, 6.07) is 6.39. The Morgan fingerprint density at radius 1 is 1.28 bits per heavy atom. The van der Waals surface area contributed by atoms with Crippen LogP contribution in [0, 0.1) is 5.82 Å². The van der Waals surface area contributed by atoms with E-state index in [0.717, 1.165) is 18.5 Å². The van der Waals surface area contributed by atoms with Crippen molar-refractivity contribution in [2.45, 2.75) is 26.3 Å². The van der Waals surface area contributed by atoms with Crippen LogP contribution in [0.15, 0.2) is 28.7 Å². The summed E-state index contributed by atoms with van der Waals surface area (Å²) in [6.45, 7) is 3.59. The molecule has 2 aromatic rings. The monoisotopic (exact) mass is 249 g/mol. The van der Waals surface area contributed by atoms with Crippen LogP contribution in [-0.2, 0) is 13.0 Å². The van der Waals surface area contributed by atoms with E-state index in [0.29, 0.717) is 24.7 Å². The Morgan fingerprint density at radius 2 is 2.11 bits per heavy atom. The lowest BCUT2D eigenvalue weighted by Crippen LogP contribution is -2.13. The Morgan fingerprint density at radius 3 is 2.89 bits per heavy atom. The van der Waals surface area contributed by atoms with E-state index < -0.39 is 0 Å². The Balaban J connectivity index is 1.94. The van der Waals surface area contributed by atoms with E-state index in [4.69, 9.17) is 4.42 Å². The summed E-state index contributed by atoms with van der Waals surface area (Å²) in [4.78, 5) is 0. The van der Waals surface area contributed by atoms with Crippen molar-refractivity contribution in [1.82, 2.24) is 15.5 Å². The highest BCUT2D eigenvalue weighted by molar-refractivity contribution is 5.19. The van der Waals surface area contributed by atoms with Crippen molar-refractivity contribution < 1.29 is 8.81 Å². The summed E-state index contributed by atoms with van der Waals surface area (Å²) >= 11 is 0. The molecule has 4 nitrogen and oxygen atoms in total. The van der Waals surface area contributed by atoms with E-state index in [1.165, 1.54) is 12.1 Å². The largest absolute Gasteiger partial charge is 0.424 e. The molecule has 0 aliphatic heterocycles. The molecule has 2 rings (SSSR count). The second-order valence-electron chi connectivity index (χ2n) is 4.07. The van der Waals surface area contributed by atoms with Gasteiger partial charge in [-0.1, -0.05) is 19.1 Å². The van der Waals surface area contributed by atoms with Crippen LogP contribution >= 0.6 is 0 Å². The predicted molar refractivity (Wildman–Crippen MR) is 65.5 cm³/mol. The number of nitrogens with one attached hydrogen (secondary N) is 1. The topological polar surface area (TPSA) is 51.0 Å². The minimum Gasteiger partial charge on any atom is -0.424 e. The minimum atomic E-state index is -0.253. The standard InChI is InChI=1S/C13H16FN3O/c1-2-6-15-9-13-17-16-12(18-13)8-10-4-3-5-11(14)7-10/h3-5,7,15H,2,6,8-9H2,1H3. The highest BCUT2D eigenvalue weighted by Gasteiger charge is 2.06. The van der Waals surface area contributed by atoms with Gasteiger partial charge in [-0.25, -0.2) is 4.39 Å². The first-order valence-corrected chi connectivity index (χ1v) is 6.04. The molecule has 0 radical (unpaired) electrons. The van der Waals surface area contributed by atoms with E-state index in [-0.39, 0.29) is 5.82 Å². The maximum atomic E-state index is 13.0. The van der Waals surface area contributed by atoms with Crippen LogP contribution in [0.4, 0.5) is 4.39 Å². The first-order chi connectivity index (χ1) is 8.78. The van der Waals surface area contributed by atoms with Crippen molar-refractivity contribution in [3.8, 4) is 0 Å². The van der Waals surface area contributed by atoms with E-state index in [9.17, 15) is 4.39 Å². The van der Waals surface area contributed by atoms with Crippen molar-refractivity contribution in [2.24, 2.45) is 0 Å². The molecule has 0 bridgehead atoms. The Bertz CT molecular complexity index is 498. The second kappa shape index (κ2) is 6.26. The van der Waals surface area contributed by atoms with Gasteiger partial charge in [-0.05, 0) is 30.7 Å². The number of hydrogen-bond acceptors (Lipinski definition) is 4. The third-order valence-corrected chi connectivity index (χ3v) is 2.46. The van der Waals surface area contributed by atoms with Gasteiger partial charge in [0.25, 0.3) is 0 Å². The van der Waals surface area contributed by atoms with Gasteiger partial charge in [0.15, 0.2) is 0 Å². The number of halogens is 1. The van der Waals surface area contributed by atoms with Crippen LogP contribution in [0.3, 0.4) is 0 Å². The fourth-order valence-electron chi connectivity index (χ4n) is 1.62. The number of benzene rings is 1. The minimum absolute atomic E-state index is 0.253. The van der Waals surface area contributed by atoms with Crippen LogP contribution in [0.1, 0.15) is 30.7 Å². The molecular formula is C13H16FN3O. The van der Waals surface area contributed by atoms with Gasteiger partial charge < -0.3 is 9.73 Å². The van der Waals surface area contributed by atoms with Gasteiger partial charge >= 0.3 is 0 Å². The molecule has 0 amide bonds. The van der Waals surface area contributed by atoms with E-state index in [2.05, 4.69) is 22.4 Å². The van der Waals surface area contributed by atoms with Crippen LogP contribution in [0.5, 0.6) is 0 Å². The number of rotatable bonds is 6. The zero-order chi connectivity index (χ0) is 12.8. The molecule has 0 aliphatic rings. The molecule has 0 unspecified atom stereocenters. The molecule has 0 saturated heterocycles. The molecule has 1 heterocycles. The zero-order valence-electron chi connectivity index (χ0n) is 10.3. The smallest absolute Gasteiger partial charge is 0.230 e. The molecule has 0 atom stereocenters. The lowest BCUT2D eigenvalue weighted by molar-refractivity contribution is 0.439. The number of hydrogen-bond donors (Lipinski definition) is 1. The van der Waals surface area contributed by atoms with Gasteiger partial charge in [-0.3, -0.25) is 0 Å². The molecule has 0 fully saturated rings. The Kier molecular flexibility index (Phi) is 4.41. The van der Waals surface area contributed by atoms with E-state index in [1.807, 2.05) is 6.07 Å². The molecule has 0 spiro atoms. The summed E-state index contributed by atoms with van der Waals surface area (Å²) in [7, 11) is 0. The van der Waals surface area contributed by atoms with Crippen molar-refractivity contribution >= 4 is 0 Å². The van der Waals surface area contributed by atoms with Crippen molar-refractivity contribution in [2.75, 3.05) is 6.54 Å². The molecule has 1 N–H and O–H groups in total. The lowest BCUT2D eigenvalue weighted by Gasteiger charge is -1.98. The normalized spacial score (nSPS) is 10.8. The summed E-state index contributed by atoms with van der Waals surface area (Å²) in [5, 5.41) is 11.1. The molecule has 5 heteroatoms. The van der Waals surface area contributed by atoms with E-state index in [1.54, 1.807) is 6.07 Å². The van der Waals surface area contributed by atoms with Crippen LogP contribution in [-0.4, -0.2) is 16.7 Å². The van der Waals surface area contributed by atoms with Gasteiger partial charge in [-0.2, -0.15) is 0 Å². The first-order valence-electron chi connectivity index (χ1n) is 6.04. The lowest BCUT2D eigenvalue weighted by atomic mass is 10.1. The maximum Gasteiger partial charge on any atom is 0.230 e. The van der Waals surface area contributed by atoms with Crippen molar-refractivity contribution in [3.63, 3.8) is 0 Å². The zero-order valence-corrected chi connectivity index (χ0v) is 10.3. The highest BCUT2D eigenvalue weighted by Crippen LogP contribution is 2.10. The summed E-state index contributed by atoms with van der Waals surface area (Å²) in [6.07, 6.45) is 1.52.